The van der Waals surface area contributed by atoms with E-state index in [2.05, 4.69) is 101 Å². The van der Waals surface area contributed by atoms with Gasteiger partial charge in [-0.2, -0.15) is 0 Å². The van der Waals surface area contributed by atoms with Crippen LogP contribution in [0.15, 0.2) is 230 Å². The van der Waals surface area contributed by atoms with Crippen LogP contribution in [0.1, 0.15) is 33.3 Å². The predicted molar refractivity (Wildman–Crippen MR) is 281 cm³/mol. The smallest absolute Gasteiger partial charge is 0.155 e. The number of aryl methyl sites for hydroxylation is 1. The maximum Gasteiger partial charge on any atom is 0.155 e. The van der Waals surface area contributed by atoms with Gasteiger partial charge in [0.05, 0.1) is 11.5 Å². The van der Waals surface area contributed by atoms with E-state index in [4.69, 9.17) is 10.2 Å². The number of aromatic nitrogens is 3. The largest absolute Gasteiger partial charge is 0.512 e. The van der Waals surface area contributed by atoms with E-state index in [0.717, 1.165) is 39.2 Å². The average Bonchev–Trinajstić information content (AvgIpc) is 3.38. The zero-order chi connectivity index (χ0) is 50.1. The normalized spacial score (nSPS) is 10.1. The second-order valence-corrected chi connectivity index (χ2v) is 15.6. The predicted octanol–water partition coefficient (Wildman–Crippen LogP) is 15.2. The number of aliphatic hydroxyl groups is 2. The van der Waals surface area contributed by atoms with Crippen molar-refractivity contribution in [2.45, 2.75) is 34.6 Å². The molecular weight excluding hydrogens is 1450 g/mol. The van der Waals surface area contributed by atoms with Crippen molar-refractivity contribution in [3.05, 3.63) is 260 Å². The molecule has 0 spiro atoms. The van der Waals surface area contributed by atoms with Gasteiger partial charge in [0.2, 0.25) is 0 Å². The first-order valence-electron chi connectivity index (χ1n) is 22.3. The van der Waals surface area contributed by atoms with Crippen LogP contribution in [0.2, 0.25) is 0 Å². The summed E-state index contributed by atoms with van der Waals surface area (Å²) in [5, 5.41) is 16.7. The zero-order valence-corrected chi connectivity index (χ0v) is 47.9. The molecule has 377 valence electrons. The SMILES string of the molecule is CC(=O)C=C(C)O.CC(=O)C=C(C)O.Cc1ccccc1-c1c[c-]c(-c2ccccn2)cc1.Fc1ccnc(-c2[c-]ccc(-c3ccccc3)c2)c1.[Ir].[Ir].[Ir].[c-]1cc(-c2ccccc2)ccc1-c1ccccn1. The Morgan fingerprint density at radius 3 is 1.34 bits per heavy atom. The molecule has 0 amide bonds. The molecule has 0 saturated carbocycles. The second-order valence-electron chi connectivity index (χ2n) is 15.6. The quantitative estimate of drug-likeness (QED) is 0.0885. The first kappa shape index (κ1) is 62.2. The molecule has 0 bridgehead atoms. The Hall–Kier alpha value is -6.93. The number of benzene rings is 6. The first-order valence-corrected chi connectivity index (χ1v) is 22.3. The van der Waals surface area contributed by atoms with Gasteiger partial charge in [-0.3, -0.25) is 9.59 Å². The zero-order valence-electron chi connectivity index (χ0n) is 40.7. The number of nitrogens with zero attached hydrogens (tertiary/aromatic N) is 3. The van der Waals surface area contributed by atoms with Crippen molar-refractivity contribution in [3.8, 4) is 67.2 Å². The Morgan fingerprint density at radius 1 is 0.452 bits per heavy atom. The van der Waals surface area contributed by atoms with E-state index in [1.54, 1.807) is 12.4 Å². The van der Waals surface area contributed by atoms with Crippen LogP contribution >= 0.6 is 0 Å². The van der Waals surface area contributed by atoms with Gasteiger partial charge < -0.3 is 25.2 Å². The fourth-order valence-electron chi connectivity index (χ4n) is 6.65. The number of carbonyl (C=O) groups is 2. The Balaban J connectivity index is 0.000000326. The van der Waals surface area contributed by atoms with Crippen LogP contribution in [-0.4, -0.2) is 36.7 Å². The van der Waals surface area contributed by atoms with Crippen LogP contribution in [0.4, 0.5) is 4.39 Å². The molecule has 3 radical (unpaired) electrons. The minimum absolute atomic E-state index is 0. The minimum atomic E-state index is -0.288. The number of hydrogen-bond acceptors (Lipinski definition) is 7. The minimum Gasteiger partial charge on any atom is -0.512 e. The van der Waals surface area contributed by atoms with Crippen LogP contribution in [-0.2, 0) is 69.9 Å². The molecule has 3 aromatic heterocycles. The van der Waals surface area contributed by atoms with Crippen molar-refractivity contribution in [1.82, 2.24) is 15.0 Å². The van der Waals surface area contributed by atoms with Crippen LogP contribution in [0, 0.1) is 30.9 Å². The first-order chi connectivity index (χ1) is 33.9. The van der Waals surface area contributed by atoms with Gasteiger partial charge in [-0.05, 0) is 81.5 Å². The number of rotatable bonds is 8. The fourth-order valence-corrected chi connectivity index (χ4v) is 6.65. The summed E-state index contributed by atoms with van der Waals surface area (Å²) in [6.07, 6.45) is 7.40. The molecule has 7 nitrogen and oxygen atoms in total. The molecule has 0 fully saturated rings. The average molecular weight is 1500 g/mol. The molecule has 9 rings (SSSR count). The summed E-state index contributed by atoms with van der Waals surface area (Å²) in [6.45, 7) is 7.82. The molecule has 6 aromatic carbocycles. The summed E-state index contributed by atoms with van der Waals surface area (Å²) in [5.41, 5.74) is 13.7. The van der Waals surface area contributed by atoms with Gasteiger partial charge in [-0.15, -0.1) is 95.1 Å². The van der Waals surface area contributed by atoms with Crippen molar-refractivity contribution < 1.29 is 84.5 Å². The van der Waals surface area contributed by atoms with Gasteiger partial charge in [0.15, 0.2) is 11.6 Å². The molecular formula is C62H53FIr3N3O4-3. The summed E-state index contributed by atoms with van der Waals surface area (Å²) in [5.74, 6) is -0.413. The molecule has 0 aliphatic rings. The number of hydrogen-bond donors (Lipinski definition) is 2. The van der Waals surface area contributed by atoms with E-state index in [-0.39, 0.29) is 89.2 Å². The van der Waals surface area contributed by atoms with Crippen molar-refractivity contribution in [2.75, 3.05) is 0 Å². The van der Waals surface area contributed by atoms with Crippen molar-refractivity contribution >= 4 is 11.6 Å². The van der Waals surface area contributed by atoms with Crippen LogP contribution in [0.3, 0.4) is 0 Å². The van der Waals surface area contributed by atoms with Crippen LogP contribution in [0.5, 0.6) is 0 Å². The maximum absolute atomic E-state index is 13.2. The van der Waals surface area contributed by atoms with E-state index >= 15 is 0 Å². The monoisotopic (exact) mass is 1500 g/mol. The standard InChI is InChI=1S/C18H14N.C17H11FN.C17H12N.2C5H8O2.3Ir/c1-14-6-2-3-7-17(14)15-9-11-16(12-10-15)18-8-4-5-13-19-18;18-16-9-10-19-17(12-16)15-8-4-7-14(11-15)13-5-2-1-3-6-13;1-2-6-14(7-3-1)15-9-11-16(12-10-15)17-8-4-5-13-18-17;2*1-4(6)3-5(2)7;;;/h2-11,13H,1H3;1-7,9-12H;1-11,13H;2*3,6H,1-2H3;;;/q3*-1;;;;;. The molecule has 73 heavy (non-hydrogen) atoms. The molecule has 9 aromatic rings. The Labute approximate surface area is 469 Å². The van der Waals surface area contributed by atoms with E-state index in [0.29, 0.717) is 5.69 Å². The summed E-state index contributed by atoms with van der Waals surface area (Å²) in [6, 6.07) is 71.2. The molecule has 0 aliphatic carbocycles. The van der Waals surface area contributed by atoms with Gasteiger partial charge >= 0.3 is 0 Å². The maximum atomic E-state index is 13.2. The molecule has 2 N–H and O–H groups in total. The topological polar surface area (TPSA) is 113 Å². The number of carbonyl (C=O) groups excluding carboxylic acids is 2. The fraction of sp³-hybridized carbons (Fsp3) is 0.0806. The molecule has 0 saturated heterocycles. The van der Waals surface area contributed by atoms with Gasteiger partial charge in [0.1, 0.15) is 5.82 Å². The van der Waals surface area contributed by atoms with E-state index in [9.17, 15) is 14.0 Å². The Kier molecular flexibility index (Phi) is 28.7. The van der Waals surface area contributed by atoms with Crippen molar-refractivity contribution in [1.29, 1.82) is 0 Å². The number of aliphatic hydroxyl groups excluding tert-OH is 2. The van der Waals surface area contributed by atoms with Gasteiger partial charge in [-0.1, -0.05) is 137 Å². The van der Waals surface area contributed by atoms with Gasteiger partial charge in [0.25, 0.3) is 0 Å². The third-order valence-corrected chi connectivity index (χ3v) is 9.80. The summed E-state index contributed by atoms with van der Waals surface area (Å²) in [4.78, 5) is 32.9. The number of ketones is 2. The van der Waals surface area contributed by atoms with Gasteiger partial charge in [-0.25, -0.2) is 4.39 Å². The van der Waals surface area contributed by atoms with Crippen molar-refractivity contribution in [2.24, 2.45) is 0 Å². The Morgan fingerprint density at radius 2 is 0.918 bits per heavy atom. The van der Waals surface area contributed by atoms with E-state index < -0.39 is 0 Å². The molecule has 0 aliphatic heterocycles. The molecule has 11 heteroatoms. The summed E-state index contributed by atoms with van der Waals surface area (Å²) >= 11 is 0. The Bertz CT molecular complexity index is 2990. The summed E-state index contributed by atoms with van der Waals surface area (Å²) in [7, 11) is 0. The molecule has 3 heterocycles. The van der Waals surface area contributed by atoms with Crippen LogP contribution < -0.4 is 0 Å². The molecule has 0 unspecified atom stereocenters. The second kappa shape index (κ2) is 33.7. The van der Waals surface area contributed by atoms with E-state index in [1.165, 1.54) is 86.0 Å². The number of pyridine rings is 3. The molecule has 0 atom stereocenters. The van der Waals surface area contributed by atoms with Crippen molar-refractivity contribution in [3.63, 3.8) is 0 Å². The van der Waals surface area contributed by atoms with Crippen LogP contribution in [0.25, 0.3) is 67.2 Å². The third-order valence-electron chi connectivity index (χ3n) is 9.80. The van der Waals surface area contributed by atoms with E-state index in [1.807, 2.05) is 115 Å². The number of halogens is 1. The number of allylic oxidation sites excluding steroid dienone is 4. The summed E-state index contributed by atoms with van der Waals surface area (Å²) < 4.78 is 13.2. The van der Waals surface area contributed by atoms with Gasteiger partial charge in [0, 0.05) is 91.1 Å². The third kappa shape index (κ3) is 22.2.